The topological polar surface area (TPSA) is 77.0 Å². The van der Waals surface area contributed by atoms with E-state index in [4.69, 9.17) is 14.2 Å². The Morgan fingerprint density at radius 2 is 0.818 bits per heavy atom. The first-order valence-electron chi connectivity index (χ1n) is 24.4. The molecule has 6 heteroatoms. The molecule has 1 atom stereocenters. The molecule has 1 amide bonds. The highest BCUT2D eigenvalue weighted by Gasteiger charge is 2.29. The number of hydrogen-bond donors (Lipinski definition) is 2. The lowest BCUT2D eigenvalue weighted by Gasteiger charge is -2.29. The van der Waals surface area contributed by atoms with Crippen LogP contribution in [-0.2, 0) is 52.1 Å². The molecule has 0 saturated carbocycles. The van der Waals surface area contributed by atoms with Gasteiger partial charge in [-0.1, -0.05) is 176 Å². The number of ether oxygens (including phenoxy) is 3. The number of carbonyl (C=O) groups is 1. The molecule has 5 aromatic carbocycles. The van der Waals surface area contributed by atoms with Crippen molar-refractivity contribution in [3.05, 3.63) is 151 Å². The van der Waals surface area contributed by atoms with E-state index in [0.717, 1.165) is 85.5 Å². The van der Waals surface area contributed by atoms with Gasteiger partial charge in [0.25, 0.3) is 5.91 Å². The van der Waals surface area contributed by atoms with Crippen molar-refractivity contribution in [2.75, 3.05) is 19.8 Å². The molecule has 5 aromatic rings. The lowest BCUT2D eigenvalue weighted by molar-refractivity contribution is -0.123. The van der Waals surface area contributed by atoms with Gasteiger partial charge in [-0.15, -0.1) is 0 Å². The summed E-state index contributed by atoms with van der Waals surface area (Å²) in [4.78, 5) is 13.9. The predicted molar refractivity (Wildman–Crippen MR) is 274 cm³/mol. The van der Waals surface area contributed by atoms with Gasteiger partial charge in [-0.25, -0.2) is 0 Å². The molecule has 354 valence electrons. The second kappa shape index (κ2) is 19.9. The first kappa shape index (κ1) is 50.2. The normalized spacial score (nSPS) is 13.8. The minimum atomic E-state index is -0.214. The molecule has 1 aliphatic rings. The minimum absolute atomic E-state index is 0.144. The highest BCUT2D eigenvalue weighted by atomic mass is 16.5. The molecule has 2 N–H and O–H groups in total. The van der Waals surface area contributed by atoms with Crippen molar-refractivity contribution >= 4 is 5.91 Å². The Hall–Kier alpha value is -5.23. The Morgan fingerprint density at radius 1 is 0.515 bits per heavy atom. The third kappa shape index (κ3) is 12.0. The molecule has 1 aliphatic carbocycles. The summed E-state index contributed by atoms with van der Waals surface area (Å²) in [6.07, 6.45) is 3.73. The number of rotatable bonds is 11. The summed E-state index contributed by atoms with van der Waals surface area (Å²) >= 11 is 0. The Labute approximate surface area is 397 Å². The summed E-state index contributed by atoms with van der Waals surface area (Å²) in [5.74, 6) is 2.52. The van der Waals surface area contributed by atoms with Crippen LogP contribution in [0.1, 0.15) is 195 Å². The summed E-state index contributed by atoms with van der Waals surface area (Å²) < 4.78 is 20.6. The number of benzene rings is 5. The van der Waals surface area contributed by atoms with Gasteiger partial charge in [-0.2, -0.15) is 0 Å². The first-order chi connectivity index (χ1) is 30.9. The quantitative estimate of drug-likeness (QED) is 0.135. The van der Waals surface area contributed by atoms with E-state index in [0.29, 0.717) is 44.6 Å². The molecule has 0 fully saturated rings. The van der Waals surface area contributed by atoms with Crippen LogP contribution in [0.5, 0.6) is 23.0 Å². The van der Waals surface area contributed by atoms with Crippen molar-refractivity contribution in [1.82, 2.24) is 5.32 Å². The van der Waals surface area contributed by atoms with Gasteiger partial charge in [-0.3, -0.25) is 4.79 Å². The summed E-state index contributed by atoms with van der Waals surface area (Å²) in [6, 6.07) is 28.0. The fourth-order valence-electron chi connectivity index (χ4n) is 8.84. The zero-order valence-electron chi connectivity index (χ0n) is 43.0. The third-order valence-corrected chi connectivity index (χ3v) is 12.9. The zero-order valence-corrected chi connectivity index (χ0v) is 43.0. The maximum Gasteiger partial charge on any atom is 0.258 e. The van der Waals surface area contributed by atoms with Crippen LogP contribution in [-0.4, -0.2) is 30.8 Å². The van der Waals surface area contributed by atoms with Gasteiger partial charge in [0.15, 0.2) is 6.61 Å². The SMILES string of the molecule is CCCOc1c2cc(C(C)(C)C)cc1Cc1cc(C(C)(C)C)cc(c1OCCC)Cc1cc(C(C)(C)C)cc(c1OCC(=O)NC(C)c1ccccc1)Cc1cc(C(C)(C)C)cc(c1O)C2. The van der Waals surface area contributed by atoms with E-state index in [1.165, 1.54) is 11.1 Å². The molecule has 6 nitrogen and oxygen atoms in total. The van der Waals surface area contributed by atoms with E-state index >= 15 is 0 Å². The van der Waals surface area contributed by atoms with Gasteiger partial charge in [0.05, 0.1) is 19.3 Å². The molecule has 0 aliphatic heterocycles. The smallest absolute Gasteiger partial charge is 0.258 e. The standard InChI is InChI=1S/C60H79NO5/c1-16-23-64-54-42-25-40-29-48(57(4,5)6)30-41(53(40)63)26-43-32-50(59(10,11)12)36-47(56(43)66-37-52(62)61-38(3)39-21-19-18-20-22-39)28-46-35-51(60(13,14)15)34-45(55(46)65-24-17-2)27-44(54)33-49(31-42)58(7,8)9/h18-22,29-36,38,63H,16-17,23-28,37H2,1-15H3,(H,61,62). The van der Waals surface area contributed by atoms with Gasteiger partial charge in [0.2, 0.25) is 0 Å². The number of amides is 1. The number of phenols is 1. The van der Waals surface area contributed by atoms with Crippen molar-refractivity contribution < 1.29 is 24.1 Å². The molecule has 0 heterocycles. The lowest BCUT2D eigenvalue weighted by atomic mass is 9.79. The highest BCUT2D eigenvalue weighted by Crippen LogP contribution is 2.44. The summed E-state index contributed by atoms with van der Waals surface area (Å²) in [6.45, 7) is 34.3. The predicted octanol–water partition coefficient (Wildman–Crippen LogP) is 14.1. The molecule has 1 unspecified atom stereocenters. The van der Waals surface area contributed by atoms with Crippen LogP contribution in [0.2, 0.25) is 0 Å². The van der Waals surface area contributed by atoms with Crippen LogP contribution in [0, 0.1) is 0 Å². The molecular formula is C60H79NO5. The van der Waals surface area contributed by atoms with Crippen LogP contribution < -0.4 is 19.5 Å². The first-order valence-corrected chi connectivity index (χ1v) is 24.4. The van der Waals surface area contributed by atoms with E-state index in [2.05, 4.69) is 151 Å². The zero-order chi connectivity index (χ0) is 48.4. The van der Waals surface area contributed by atoms with Crippen molar-refractivity contribution in [3.8, 4) is 23.0 Å². The number of carbonyl (C=O) groups excluding carboxylic acids is 1. The maximum absolute atomic E-state index is 13.9. The highest BCUT2D eigenvalue weighted by molar-refractivity contribution is 5.78. The van der Waals surface area contributed by atoms with Gasteiger partial charge in [0, 0.05) is 25.7 Å². The third-order valence-electron chi connectivity index (χ3n) is 12.9. The second-order valence-electron chi connectivity index (χ2n) is 22.9. The number of fused-ring (bicyclic) bond motifs is 8. The number of nitrogens with one attached hydrogen (secondary N) is 1. The van der Waals surface area contributed by atoms with E-state index in [-0.39, 0.29) is 46.0 Å². The maximum atomic E-state index is 13.9. The average molecular weight is 894 g/mol. The Bertz CT molecular complexity index is 2510. The molecule has 0 radical (unpaired) electrons. The molecule has 0 saturated heterocycles. The van der Waals surface area contributed by atoms with E-state index in [1.54, 1.807) is 0 Å². The van der Waals surface area contributed by atoms with Gasteiger partial charge in [-0.05, 0) is 114 Å². The Morgan fingerprint density at radius 3 is 1.14 bits per heavy atom. The van der Waals surface area contributed by atoms with E-state index in [9.17, 15) is 9.90 Å². The molecule has 66 heavy (non-hydrogen) atoms. The second-order valence-corrected chi connectivity index (χ2v) is 22.9. The van der Waals surface area contributed by atoms with E-state index in [1.807, 2.05) is 37.3 Å². The molecule has 6 rings (SSSR count). The Balaban J connectivity index is 1.69. The van der Waals surface area contributed by atoms with E-state index < -0.39 is 0 Å². The molecule has 8 bridgehead atoms. The van der Waals surface area contributed by atoms with Gasteiger partial charge in [0.1, 0.15) is 23.0 Å². The van der Waals surface area contributed by atoms with Crippen molar-refractivity contribution in [1.29, 1.82) is 0 Å². The van der Waals surface area contributed by atoms with Crippen molar-refractivity contribution in [2.24, 2.45) is 0 Å². The molecule has 0 aromatic heterocycles. The van der Waals surface area contributed by atoms with Crippen LogP contribution in [0.25, 0.3) is 0 Å². The molecular weight excluding hydrogens is 815 g/mol. The lowest BCUT2D eigenvalue weighted by Crippen LogP contribution is -2.31. The van der Waals surface area contributed by atoms with Crippen LogP contribution in [0.3, 0.4) is 0 Å². The fraction of sp³-hybridized carbons (Fsp3) is 0.483. The van der Waals surface area contributed by atoms with Gasteiger partial charge >= 0.3 is 0 Å². The monoisotopic (exact) mass is 894 g/mol. The Kier molecular flexibility index (Phi) is 15.2. The summed E-state index contributed by atoms with van der Waals surface area (Å²) in [7, 11) is 0. The van der Waals surface area contributed by atoms with Crippen LogP contribution >= 0.6 is 0 Å². The minimum Gasteiger partial charge on any atom is -0.507 e. The van der Waals surface area contributed by atoms with Crippen molar-refractivity contribution in [3.63, 3.8) is 0 Å². The molecule has 0 spiro atoms. The van der Waals surface area contributed by atoms with Crippen molar-refractivity contribution in [2.45, 2.75) is 170 Å². The largest absolute Gasteiger partial charge is 0.507 e. The van der Waals surface area contributed by atoms with Crippen LogP contribution in [0.4, 0.5) is 0 Å². The summed E-state index contributed by atoms with van der Waals surface area (Å²) in [5, 5.41) is 15.8. The number of hydrogen-bond acceptors (Lipinski definition) is 5. The number of phenolic OH excluding ortho intramolecular Hbond substituents is 1. The van der Waals surface area contributed by atoms with Gasteiger partial charge < -0.3 is 24.6 Å². The van der Waals surface area contributed by atoms with Crippen LogP contribution in [0.15, 0.2) is 78.9 Å². The number of aromatic hydroxyl groups is 1. The summed E-state index contributed by atoms with van der Waals surface area (Å²) in [5.41, 5.74) is 13.0. The fourth-order valence-corrected chi connectivity index (χ4v) is 8.84. The average Bonchev–Trinajstić information content (AvgIpc) is 3.22.